The van der Waals surface area contributed by atoms with Crippen LogP contribution in [-0.4, -0.2) is 42.9 Å². The Kier molecular flexibility index (Phi) is 7.96. The van der Waals surface area contributed by atoms with Gasteiger partial charge >= 0.3 is 5.97 Å². The van der Waals surface area contributed by atoms with E-state index in [0.29, 0.717) is 44.4 Å². The van der Waals surface area contributed by atoms with Crippen molar-refractivity contribution in [3.8, 4) is 17.9 Å². The van der Waals surface area contributed by atoms with Gasteiger partial charge in [0.25, 0.3) is 0 Å². The third-order valence-corrected chi connectivity index (χ3v) is 6.59. The van der Waals surface area contributed by atoms with Crippen LogP contribution < -0.4 is 15.4 Å². The summed E-state index contributed by atoms with van der Waals surface area (Å²) < 4.78 is 16.9. The monoisotopic (exact) mass is 500 g/mol. The molecule has 9 heteroatoms. The van der Waals surface area contributed by atoms with E-state index in [1.54, 1.807) is 19.2 Å². The second-order valence-electron chi connectivity index (χ2n) is 7.85. The van der Waals surface area contributed by atoms with E-state index in [1.165, 1.54) is 11.3 Å². The molecular weight excluding hydrogens is 476 g/mol. The zero-order valence-electron chi connectivity index (χ0n) is 20.0. The average Bonchev–Trinajstić information content (AvgIpc) is 3.49. The molecule has 0 radical (unpaired) electrons. The molecule has 2 aromatic carbocycles. The number of rotatable bonds is 9. The number of carbonyl (C=O) groups excluding carboxylic acids is 1. The summed E-state index contributed by atoms with van der Waals surface area (Å²) in [4.78, 5) is 20.5. The van der Waals surface area contributed by atoms with Crippen LogP contribution in [0.1, 0.15) is 24.8 Å². The maximum Gasteiger partial charge on any atom is 0.351 e. The van der Waals surface area contributed by atoms with E-state index in [-0.39, 0.29) is 18.8 Å². The highest BCUT2D eigenvalue weighted by Gasteiger charge is 2.18. The Morgan fingerprint density at radius 3 is 2.53 bits per heavy atom. The van der Waals surface area contributed by atoms with E-state index in [1.807, 2.05) is 36.4 Å². The Morgan fingerprint density at radius 2 is 1.83 bits per heavy atom. The minimum absolute atomic E-state index is 0.0456. The Balaban J connectivity index is 1.81. The number of nitrogens with zero attached hydrogens (tertiary/aromatic N) is 3. The summed E-state index contributed by atoms with van der Waals surface area (Å²) in [6.45, 7) is 2.97. The molecule has 2 heterocycles. The Hall–Kier alpha value is -4.18. The van der Waals surface area contributed by atoms with Crippen LogP contribution in [0.4, 0.5) is 0 Å². The summed E-state index contributed by atoms with van der Waals surface area (Å²) in [6.07, 6.45) is 1.95. The number of methoxy groups -OCH3 is 1. The molecule has 0 saturated heterocycles. The highest BCUT2D eigenvalue weighted by molar-refractivity contribution is 7.19. The standard InChI is InChI=1S/C27H24N4O4S/c1-3-4-11-34-12-13-35-27(32)21(16-29)25-19-8-6-5-7-18(19)24(31-25)20(15-28)26-30-22-10-9-17(33-2)14-23(22)36-26/h5-10,14,31H,3-4,11-13H2,1-2H3/b24-20-,25-21-. The van der Waals surface area contributed by atoms with E-state index in [4.69, 9.17) is 14.2 Å². The zero-order valence-corrected chi connectivity index (χ0v) is 20.8. The smallest absolute Gasteiger partial charge is 0.351 e. The predicted octanol–water partition coefficient (Wildman–Crippen LogP) is 3.54. The number of H-pyrrole nitrogens is 1. The van der Waals surface area contributed by atoms with Gasteiger partial charge in [-0.05, 0) is 24.6 Å². The number of aromatic amines is 1. The van der Waals surface area contributed by atoms with Crippen molar-refractivity contribution in [1.29, 1.82) is 10.5 Å². The van der Waals surface area contributed by atoms with Crippen molar-refractivity contribution in [2.75, 3.05) is 26.9 Å². The lowest BCUT2D eigenvalue weighted by molar-refractivity contribution is -0.138. The summed E-state index contributed by atoms with van der Waals surface area (Å²) in [5.74, 6) is -0.0490. The maximum absolute atomic E-state index is 12.8. The van der Waals surface area contributed by atoms with Crippen LogP contribution in [0, 0.1) is 22.7 Å². The van der Waals surface area contributed by atoms with Gasteiger partial charge in [-0.25, -0.2) is 9.78 Å². The largest absolute Gasteiger partial charge is 0.497 e. The van der Waals surface area contributed by atoms with Gasteiger partial charge in [0.2, 0.25) is 0 Å². The number of ether oxygens (including phenoxy) is 3. The molecule has 0 atom stereocenters. The van der Waals surface area contributed by atoms with Gasteiger partial charge in [-0.2, -0.15) is 10.5 Å². The minimum atomic E-state index is -0.749. The molecule has 1 N–H and O–H groups in total. The molecule has 2 aromatic heterocycles. The van der Waals surface area contributed by atoms with Gasteiger partial charge in [0, 0.05) is 17.4 Å². The van der Waals surface area contributed by atoms with E-state index in [2.05, 4.69) is 23.0 Å². The molecule has 0 bridgehead atoms. The van der Waals surface area contributed by atoms with Crippen LogP contribution in [-0.2, 0) is 14.3 Å². The molecule has 4 aromatic rings. The Labute approximate surface area is 211 Å². The number of nitriles is 2. The third kappa shape index (κ3) is 5.08. The molecule has 4 rings (SSSR count). The van der Waals surface area contributed by atoms with E-state index < -0.39 is 5.97 Å². The van der Waals surface area contributed by atoms with Crippen LogP contribution in [0.15, 0.2) is 42.5 Å². The van der Waals surface area contributed by atoms with E-state index in [0.717, 1.165) is 23.1 Å². The number of aromatic nitrogens is 2. The molecule has 0 spiro atoms. The molecule has 0 aliphatic heterocycles. The van der Waals surface area contributed by atoms with Crippen molar-refractivity contribution in [2.24, 2.45) is 0 Å². The fraction of sp³-hybridized carbons (Fsp3) is 0.259. The van der Waals surface area contributed by atoms with Crippen molar-refractivity contribution < 1.29 is 19.0 Å². The number of thiazole rings is 1. The first-order valence-electron chi connectivity index (χ1n) is 11.5. The molecule has 182 valence electrons. The van der Waals surface area contributed by atoms with Gasteiger partial charge in [-0.15, -0.1) is 11.3 Å². The molecule has 0 aliphatic rings. The number of hydrogen-bond acceptors (Lipinski definition) is 8. The number of hydrogen-bond donors (Lipinski definition) is 1. The maximum atomic E-state index is 12.8. The molecular formula is C27H24N4O4S. The van der Waals surface area contributed by atoms with Crippen LogP contribution in [0.3, 0.4) is 0 Å². The fourth-order valence-corrected chi connectivity index (χ4v) is 4.74. The molecule has 8 nitrogen and oxygen atoms in total. The fourth-order valence-electron chi connectivity index (χ4n) is 3.74. The van der Waals surface area contributed by atoms with Gasteiger partial charge in [0.1, 0.15) is 35.1 Å². The Morgan fingerprint density at radius 1 is 1.06 bits per heavy atom. The minimum Gasteiger partial charge on any atom is -0.497 e. The zero-order chi connectivity index (χ0) is 25.5. The van der Waals surface area contributed by atoms with Gasteiger partial charge < -0.3 is 19.2 Å². The number of fused-ring (bicyclic) bond motifs is 2. The lowest BCUT2D eigenvalue weighted by Gasteiger charge is -2.04. The third-order valence-electron chi connectivity index (χ3n) is 5.56. The van der Waals surface area contributed by atoms with Gasteiger partial charge in [0.05, 0.1) is 34.6 Å². The molecule has 0 amide bonds. The van der Waals surface area contributed by atoms with Crippen LogP contribution >= 0.6 is 11.3 Å². The summed E-state index contributed by atoms with van der Waals surface area (Å²) in [6, 6.07) is 17.0. The van der Waals surface area contributed by atoms with Crippen molar-refractivity contribution in [3.05, 3.63) is 58.2 Å². The topological polar surface area (TPSA) is 121 Å². The van der Waals surface area contributed by atoms with Crippen molar-refractivity contribution in [3.63, 3.8) is 0 Å². The lowest BCUT2D eigenvalue weighted by Crippen LogP contribution is -2.21. The average molecular weight is 501 g/mol. The number of nitrogens with one attached hydrogen (secondary N) is 1. The first kappa shape index (κ1) is 24.9. The Bertz CT molecular complexity index is 1620. The number of unbranched alkanes of at least 4 members (excludes halogenated alkanes) is 1. The first-order valence-corrected chi connectivity index (χ1v) is 12.3. The van der Waals surface area contributed by atoms with E-state index in [9.17, 15) is 15.3 Å². The summed E-state index contributed by atoms with van der Waals surface area (Å²) in [5, 5.41) is 22.5. The van der Waals surface area contributed by atoms with Crippen LogP contribution in [0.2, 0.25) is 0 Å². The van der Waals surface area contributed by atoms with Crippen molar-refractivity contribution in [2.45, 2.75) is 19.8 Å². The summed E-state index contributed by atoms with van der Waals surface area (Å²) in [7, 11) is 1.59. The lowest BCUT2D eigenvalue weighted by atomic mass is 10.1. The molecule has 0 aliphatic carbocycles. The van der Waals surface area contributed by atoms with Gasteiger partial charge in [0.15, 0.2) is 5.57 Å². The summed E-state index contributed by atoms with van der Waals surface area (Å²) in [5.41, 5.74) is 0.888. The number of esters is 1. The highest BCUT2D eigenvalue weighted by Crippen LogP contribution is 2.29. The van der Waals surface area contributed by atoms with E-state index >= 15 is 0 Å². The SMILES string of the molecule is CCCCOCCOC(=O)/C(C#N)=c1\[nH]/c(=C(/C#N)c2nc3ccc(OC)cc3s2)c2ccccc12. The molecule has 0 unspecified atom stereocenters. The predicted molar refractivity (Wildman–Crippen MR) is 138 cm³/mol. The second-order valence-corrected chi connectivity index (χ2v) is 8.88. The van der Waals surface area contributed by atoms with Gasteiger partial charge in [-0.1, -0.05) is 37.6 Å². The van der Waals surface area contributed by atoms with Crippen LogP contribution in [0.5, 0.6) is 5.75 Å². The second kappa shape index (κ2) is 11.5. The highest BCUT2D eigenvalue weighted by atomic mass is 32.1. The van der Waals surface area contributed by atoms with Gasteiger partial charge in [-0.3, -0.25) is 0 Å². The van der Waals surface area contributed by atoms with Crippen molar-refractivity contribution in [1.82, 2.24) is 9.97 Å². The molecule has 0 saturated carbocycles. The molecule has 36 heavy (non-hydrogen) atoms. The summed E-state index contributed by atoms with van der Waals surface area (Å²) >= 11 is 1.36. The first-order chi connectivity index (χ1) is 17.6. The van der Waals surface area contributed by atoms with Crippen LogP contribution in [0.25, 0.3) is 32.1 Å². The number of benzene rings is 2. The van der Waals surface area contributed by atoms with Crippen molar-refractivity contribution >= 4 is 49.4 Å². The normalized spacial score (nSPS) is 12.7. The molecule has 0 fully saturated rings. The quantitative estimate of drug-likeness (QED) is 0.276. The number of carbonyl (C=O) groups is 1.